The van der Waals surface area contributed by atoms with Crippen LogP contribution in [0, 0.1) is 0 Å². The highest BCUT2D eigenvalue weighted by molar-refractivity contribution is 7.80. The maximum absolute atomic E-state index is 10.7. The second kappa shape index (κ2) is 9.40. The van der Waals surface area contributed by atoms with Crippen LogP contribution in [0.3, 0.4) is 0 Å². The van der Waals surface area contributed by atoms with Crippen LogP contribution >= 0.6 is 12.2 Å². The predicted octanol–water partition coefficient (Wildman–Crippen LogP) is 0.480. The maximum Gasteiger partial charge on any atom is 0.256 e. The van der Waals surface area contributed by atoms with Gasteiger partial charge in [-0.2, -0.15) is 0 Å². The van der Waals surface area contributed by atoms with Crippen molar-refractivity contribution < 1.29 is 24.4 Å². The van der Waals surface area contributed by atoms with E-state index in [2.05, 4.69) is 25.6 Å². The van der Waals surface area contributed by atoms with Crippen LogP contribution in [0.15, 0.2) is 12.7 Å². The van der Waals surface area contributed by atoms with Crippen LogP contribution < -0.4 is 10.6 Å². The molecule has 2 aromatic rings. The maximum atomic E-state index is 10.7. The van der Waals surface area contributed by atoms with Gasteiger partial charge in [0.25, 0.3) is 5.17 Å². The number of rotatable bonds is 6. The fourth-order valence-corrected chi connectivity index (χ4v) is 4.75. The Balaban J connectivity index is 1.25. The van der Waals surface area contributed by atoms with Gasteiger partial charge in [-0.1, -0.05) is 12.8 Å². The van der Waals surface area contributed by atoms with Crippen LogP contribution in [0.1, 0.15) is 38.3 Å². The number of ether oxygens (including phenoxy) is 3. The molecule has 3 aliphatic rings. The molecule has 0 aromatic carbocycles. The number of aliphatic hydroxyl groups is 2. The van der Waals surface area contributed by atoms with E-state index in [0.29, 0.717) is 36.2 Å². The first-order chi connectivity index (χ1) is 15.6. The van der Waals surface area contributed by atoms with Crippen molar-refractivity contribution in [3.8, 4) is 0 Å². The quantitative estimate of drug-likeness (QED) is 0.444. The van der Waals surface area contributed by atoms with Crippen molar-refractivity contribution in [1.82, 2.24) is 24.8 Å². The Morgan fingerprint density at radius 3 is 2.78 bits per heavy atom. The van der Waals surface area contributed by atoms with Gasteiger partial charge >= 0.3 is 0 Å². The first-order valence-electron chi connectivity index (χ1n) is 11.1. The summed E-state index contributed by atoms with van der Waals surface area (Å²) in [5.74, 6) is 0.598. The molecule has 5 atom stereocenters. The molecule has 2 aromatic heterocycles. The minimum atomic E-state index is -1.17. The minimum Gasteiger partial charge on any atom is -0.468 e. The second-order valence-corrected chi connectivity index (χ2v) is 8.89. The van der Waals surface area contributed by atoms with Gasteiger partial charge in [0.05, 0.1) is 19.0 Å². The van der Waals surface area contributed by atoms with E-state index in [1.54, 1.807) is 4.57 Å². The number of thiocarbonyl (C=S) groups is 1. The largest absolute Gasteiger partial charge is 0.468 e. The Labute approximate surface area is 190 Å². The van der Waals surface area contributed by atoms with Crippen LogP contribution in [0.2, 0.25) is 0 Å². The van der Waals surface area contributed by atoms with Gasteiger partial charge < -0.3 is 35.1 Å². The van der Waals surface area contributed by atoms with Crippen molar-refractivity contribution in [2.75, 3.05) is 25.1 Å². The predicted molar refractivity (Wildman–Crippen MR) is 118 cm³/mol. The average Bonchev–Trinajstić information content (AvgIpc) is 3.58. The molecule has 2 aliphatic heterocycles. The fourth-order valence-electron chi connectivity index (χ4n) is 4.52. The van der Waals surface area contributed by atoms with Crippen molar-refractivity contribution in [1.29, 1.82) is 0 Å². The highest BCUT2D eigenvalue weighted by Crippen LogP contribution is 2.32. The van der Waals surface area contributed by atoms with E-state index < -0.39 is 24.5 Å². The molecule has 32 heavy (non-hydrogen) atoms. The molecular weight excluding hydrogens is 436 g/mol. The molecule has 0 bridgehead atoms. The Morgan fingerprint density at radius 1 is 1.16 bits per heavy atom. The number of imidazole rings is 1. The zero-order valence-electron chi connectivity index (χ0n) is 17.6. The van der Waals surface area contributed by atoms with E-state index in [1.807, 2.05) is 0 Å². The molecule has 0 radical (unpaired) electrons. The molecule has 4 N–H and O–H groups in total. The van der Waals surface area contributed by atoms with Gasteiger partial charge in [0.15, 0.2) is 23.2 Å². The standard InChI is InChI=1S/C20H28N6O5S/c27-15-13(8-30-20(32)25-11-3-1-2-4-11)31-19(16(15)28)26-10-23-14-17(21-9-22-18(14)26)24-12-5-6-29-7-12/h9-13,15-16,19,27-28H,1-8H2,(H,25,32)(H,21,22,24)/t12-,13-,15-,16-,19-/m1/s1. The summed E-state index contributed by atoms with van der Waals surface area (Å²) in [5, 5.41) is 28.0. The number of nitrogens with one attached hydrogen (secondary N) is 2. The topological polar surface area (TPSA) is 136 Å². The molecule has 12 heteroatoms. The van der Waals surface area contributed by atoms with E-state index in [-0.39, 0.29) is 17.8 Å². The molecule has 174 valence electrons. The van der Waals surface area contributed by atoms with Gasteiger partial charge in [-0.25, -0.2) is 15.0 Å². The lowest BCUT2D eigenvalue weighted by atomic mass is 10.1. The minimum absolute atomic E-state index is 0.0311. The lowest BCUT2D eigenvalue weighted by Crippen LogP contribution is -2.38. The molecule has 11 nitrogen and oxygen atoms in total. The average molecular weight is 465 g/mol. The molecular formula is C20H28N6O5S. The first-order valence-corrected chi connectivity index (χ1v) is 11.5. The fraction of sp³-hybridized carbons (Fsp3) is 0.700. The summed E-state index contributed by atoms with van der Waals surface area (Å²) in [5.41, 5.74) is 1.06. The summed E-state index contributed by atoms with van der Waals surface area (Å²) in [7, 11) is 0. The zero-order chi connectivity index (χ0) is 22.1. The molecule has 3 fully saturated rings. The van der Waals surface area contributed by atoms with Gasteiger partial charge in [-0.15, -0.1) is 0 Å². The first kappa shape index (κ1) is 21.7. The van der Waals surface area contributed by atoms with E-state index in [1.165, 1.54) is 25.5 Å². The number of hydrogen-bond acceptors (Lipinski definition) is 10. The van der Waals surface area contributed by atoms with Crippen molar-refractivity contribution in [3.05, 3.63) is 12.7 Å². The number of anilines is 1. The Kier molecular flexibility index (Phi) is 6.37. The molecule has 1 aliphatic carbocycles. The van der Waals surface area contributed by atoms with Crippen LogP contribution in [0.5, 0.6) is 0 Å². The lowest BCUT2D eigenvalue weighted by molar-refractivity contribution is -0.0492. The highest BCUT2D eigenvalue weighted by Gasteiger charge is 2.45. The lowest BCUT2D eigenvalue weighted by Gasteiger charge is -2.18. The number of nitrogens with zero attached hydrogens (tertiary/aromatic N) is 4. The van der Waals surface area contributed by atoms with Gasteiger partial charge in [-0.3, -0.25) is 4.57 Å². The molecule has 0 amide bonds. The molecule has 2 saturated heterocycles. The summed E-state index contributed by atoms with van der Waals surface area (Å²) in [4.78, 5) is 13.0. The molecule has 4 heterocycles. The van der Waals surface area contributed by atoms with Crippen molar-refractivity contribution in [3.63, 3.8) is 0 Å². The van der Waals surface area contributed by atoms with Crippen LogP contribution in [-0.4, -0.2) is 85.1 Å². The van der Waals surface area contributed by atoms with Crippen LogP contribution in [0.4, 0.5) is 5.82 Å². The monoisotopic (exact) mass is 464 g/mol. The summed E-state index contributed by atoms with van der Waals surface area (Å²) in [6, 6.07) is 0.502. The molecule has 1 saturated carbocycles. The third kappa shape index (κ3) is 4.37. The summed E-state index contributed by atoms with van der Waals surface area (Å²) in [6.45, 7) is 1.36. The number of hydrogen-bond donors (Lipinski definition) is 4. The van der Waals surface area contributed by atoms with E-state index >= 15 is 0 Å². The van der Waals surface area contributed by atoms with Crippen molar-refractivity contribution in [2.24, 2.45) is 0 Å². The van der Waals surface area contributed by atoms with Gasteiger partial charge in [0.2, 0.25) is 0 Å². The summed E-state index contributed by atoms with van der Waals surface area (Å²) in [6.07, 6.45) is 4.47. The third-order valence-corrected chi connectivity index (χ3v) is 6.53. The number of fused-ring (bicyclic) bond motifs is 1. The molecule has 0 spiro atoms. The van der Waals surface area contributed by atoms with Crippen molar-refractivity contribution >= 4 is 34.4 Å². The normalized spacial score (nSPS) is 30.8. The Hall–Kier alpha value is -2.12. The van der Waals surface area contributed by atoms with Crippen molar-refractivity contribution in [2.45, 2.75) is 68.7 Å². The van der Waals surface area contributed by atoms with Gasteiger partial charge in [-0.05, 0) is 31.5 Å². The molecule has 5 rings (SSSR count). The Bertz CT molecular complexity index is 948. The third-order valence-electron chi connectivity index (χ3n) is 6.30. The van der Waals surface area contributed by atoms with Gasteiger partial charge in [0, 0.05) is 12.6 Å². The SMILES string of the molecule is O[C@@H]1[C@H](O)[C@@H](COC(=S)NC2CCCC2)O[C@H]1n1cnc2c(N[C@@H]3CCOC3)ncnc21. The molecule has 0 unspecified atom stereocenters. The zero-order valence-corrected chi connectivity index (χ0v) is 18.4. The number of aromatic nitrogens is 4. The highest BCUT2D eigenvalue weighted by atomic mass is 32.1. The van der Waals surface area contributed by atoms with Crippen LogP contribution in [-0.2, 0) is 14.2 Å². The summed E-state index contributed by atoms with van der Waals surface area (Å²) >= 11 is 5.26. The van der Waals surface area contributed by atoms with Gasteiger partial charge in [0.1, 0.15) is 31.2 Å². The van der Waals surface area contributed by atoms with E-state index in [9.17, 15) is 10.2 Å². The van der Waals surface area contributed by atoms with E-state index in [0.717, 1.165) is 19.3 Å². The number of aliphatic hydroxyl groups excluding tert-OH is 2. The smallest absolute Gasteiger partial charge is 0.256 e. The Morgan fingerprint density at radius 2 is 2.00 bits per heavy atom. The van der Waals surface area contributed by atoms with Crippen LogP contribution in [0.25, 0.3) is 11.2 Å². The summed E-state index contributed by atoms with van der Waals surface area (Å²) < 4.78 is 18.6. The second-order valence-electron chi connectivity index (χ2n) is 8.52. The van der Waals surface area contributed by atoms with E-state index in [4.69, 9.17) is 26.4 Å².